The van der Waals surface area contributed by atoms with E-state index in [2.05, 4.69) is 0 Å². The van der Waals surface area contributed by atoms with Crippen LogP contribution in [0.25, 0.3) is 0 Å². The van der Waals surface area contributed by atoms with E-state index in [1.807, 2.05) is 74.5 Å². The van der Waals surface area contributed by atoms with Crippen LogP contribution in [0.1, 0.15) is 26.7 Å². The summed E-state index contributed by atoms with van der Waals surface area (Å²) in [6, 6.07) is 31.8. The molecule has 2 amide bonds. The normalized spacial score (nSPS) is 18.2. The zero-order valence-corrected chi connectivity index (χ0v) is 26.8. The lowest BCUT2D eigenvalue weighted by Gasteiger charge is -2.48. The maximum absolute atomic E-state index is 14.1. The van der Waals surface area contributed by atoms with Gasteiger partial charge in [-0.05, 0) is 85.6 Å². The molecule has 5 rings (SSSR count). The van der Waals surface area contributed by atoms with E-state index < -0.39 is 47.4 Å². The first-order chi connectivity index (χ1) is 23.2. The summed E-state index contributed by atoms with van der Waals surface area (Å²) in [5.74, 6) is -7.67. The van der Waals surface area contributed by atoms with Crippen LogP contribution in [-0.4, -0.2) is 47.1 Å². The highest BCUT2D eigenvalue weighted by Gasteiger charge is 2.65. The van der Waals surface area contributed by atoms with Gasteiger partial charge in [-0.2, -0.15) is 0 Å². The highest BCUT2D eigenvalue weighted by molar-refractivity contribution is 6.07. The first-order valence-electron chi connectivity index (χ1n) is 16.0. The van der Waals surface area contributed by atoms with Crippen molar-refractivity contribution < 1.29 is 38.9 Å². The second kappa shape index (κ2) is 15.3. The van der Waals surface area contributed by atoms with Crippen molar-refractivity contribution in [2.24, 2.45) is 23.7 Å². The number of carboxylic acids is 2. The zero-order chi connectivity index (χ0) is 34.2. The molecule has 2 N–H and O–H groups in total. The molecule has 4 aromatic carbocycles. The summed E-state index contributed by atoms with van der Waals surface area (Å²) in [6.45, 7) is 4.18. The van der Waals surface area contributed by atoms with Crippen LogP contribution in [-0.2, 0) is 19.2 Å². The number of aliphatic carboxylic acids is 2. The van der Waals surface area contributed by atoms with Gasteiger partial charge in [0.15, 0.2) is 0 Å². The van der Waals surface area contributed by atoms with E-state index in [1.54, 1.807) is 48.5 Å². The van der Waals surface area contributed by atoms with Crippen LogP contribution in [0.5, 0.6) is 23.0 Å². The van der Waals surface area contributed by atoms with E-state index in [9.17, 15) is 29.4 Å². The van der Waals surface area contributed by atoms with Crippen LogP contribution < -0.4 is 19.3 Å². The molecule has 0 aliphatic heterocycles. The average molecular weight is 651 g/mol. The lowest BCUT2D eigenvalue weighted by atomic mass is 9.55. The molecule has 0 unspecified atom stereocenters. The Morgan fingerprint density at radius 2 is 0.812 bits per heavy atom. The van der Waals surface area contributed by atoms with Crippen molar-refractivity contribution in [2.45, 2.75) is 26.7 Å². The Morgan fingerprint density at radius 3 is 1.10 bits per heavy atom. The Morgan fingerprint density at radius 1 is 0.500 bits per heavy atom. The van der Waals surface area contributed by atoms with Crippen LogP contribution in [0.3, 0.4) is 0 Å². The SMILES string of the molecule is CCCN(C(=O)C1C(C(=O)O)C(C(=O)N(CCC)c2ccc(Oc3ccccc3)cc2)C1C(=O)O)c1ccc(Oc2ccccc2)cc1. The average Bonchev–Trinajstić information content (AvgIpc) is 3.07. The minimum Gasteiger partial charge on any atom is -0.481 e. The molecule has 48 heavy (non-hydrogen) atoms. The number of para-hydroxylation sites is 2. The monoisotopic (exact) mass is 650 g/mol. The smallest absolute Gasteiger partial charge is 0.308 e. The molecular formula is C38H38N2O8. The van der Waals surface area contributed by atoms with Crippen molar-refractivity contribution in [1.82, 2.24) is 0 Å². The maximum atomic E-state index is 14.1. The summed E-state index contributed by atoms with van der Waals surface area (Å²) >= 11 is 0. The third kappa shape index (κ3) is 7.33. The number of carbonyl (C=O) groups excluding carboxylic acids is 2. The van der Waals surface area contributed by atoms with Crippen molar-refractivity contribution in [2.75, 3.05) is 22.9 Å². The minimum atomic E-state index is -1.52. The number of ether oxygens (including phenoxy) is 2. The van der Waals surface area contributed by atoms with Gasteiger partial charge in [-0.25, -0.2) is 0 Å². The van der Waals surface area contributed by atoms with Crippen molar-refractivity contribution in [1.29, 1.82) is 0 Å². The first-order valence-corrected chi connectivity index (χ1v) is 16.0. The van der Waals surface area contributed by atoms with Gasteiger partial charge < -0.3 is 29.5 Å². The minimum absolute atomic E-state index is 0.227. The number of rotatable bonds is 14. The molecule has 4 aromatic rings. The third-order valence-corrected chi connectivity index (χ3v) is 8.37. The van der Waals surface area contributed by atoms with Crippen molar-refractivity contribution in [3.63, 3.8) is 0 Å². The van der Waals surface area contributed by atoms with Crippen molar-refractivity contribution in [3.8, 4) is 23.0 Å². The van der Waals surface area contributed by atoms with E-state index in [0.717, 1.165) is 0 Å². The molecule has 1 saturated carbocycles. The molecule has 0 heterocycles. The summed E-state index contributed by atoms with van der Waals surface area (Å²) in [5.41, 5.74) is 0.937. The van der Waals surface area contributed by atoms with Crippen LogP contribution in [0.2, 0.25) is 0 Å². The molecule has 0 saturated heterocycles. The van der Waals surface area contributed by atoms with E-state index >= 15 is 0 Å². The lowest BCUT2D eigenvalue weighted by Crippen LogP contribution is -2.64. The molecule has 0 bridgehead atoms. The number of hydrogen-bond acceptors (Lipinski definition) is 6. The van der Waals surface area contributed by atoms with Gasteiger partial charge in [0.05, 0.1) is 23.7 Å². The van der Waals surface area contributed by atoms with Crippen LogP contribution in [0.4, 0.5) is 11.4 Å². The van der Waals surface area contributed by atoms with Gasteiger partial charge in [0, 0.05) is 24.5 Å². The summed E-state index contributed by atoms with van der Waals surface area (Å²) in [5, 5.41) is 20.6. The number of anilines is 2. The maximum Gasteiger partial charge on any atom is 0.308 e. The van der Waals surface area contributed by atoms with Crippen molar-refractivity contribution >= 4 is 35.1 Å². The topological polar surface area (TPSA) is 134 Å². The van der Waals surface area contributed by atoms with Gasteiger partial charge in [-0.15, -0.1) is 0 Å². The van der Waals surface area contributed by atoms with E-state index in [1.165, 1.54) is 9.80 Å². The summed E-state index contributed by atoms with van der Waals surface area (Å²) in [6.07, 6.45) is 1.07. The second-order valence-electron chi connectivity index (χ2n) is 11.6. The Balaban J connectivity index is 1.38. The quantitative estimate of drug-likeness (QED) is 0.148. The Kier molecular flexibility index (Phi) is 10.7. The predicted octanol–water partition coefficient (Wildman–Crippen LogP) is 7.11. The van der Waals surface area contributed by atoms with Crippen LogP contribution >= 0.6 is 0 Å². The fourth-order valence-electron chi connectivity index (χ4n) is 6.15. The fraction of sp³-hybridized carbons (Fsp3) is 0.263. The molecular weight excluding hydrogens is 612 g/mol. The van der Waals surface area contributed by atoms with Gasteiger partial charge in [0.1, 0.15) is 23.0 Å². The molecule has 10 nitrogen and oxygen atoms in total. The number of hydrogen-bond donors (Lipinski definition) is 2. The van der Waals surface area contributed by atoms with Gasteiger partial charge in [-0.3, -0.25) is 19.2 Å². The van der Waals surface area contributed by atoms with E-state index in [4.69, 9.17) is 9.47 Å². The molecule has 0 spiro atoms. The number of carboxylic acid groups (broad SMARTS) is 2. The number of benzene rings is 4. The number of amides is 2. The van der Waals surface area contributed by atoms with Gasteiger partial charge in [0.25, 0.3) is 0 Å². The fourth-order valence-corrected chi connectivity index (χ4v) is 6.15. The van der Waals surface area contributed by atoms with Crippen LogP contribution in [0, 0.1) is 23.7 Å². The number of carbonyl (C=O) groups is 4. The molecule has 0 radical (unpaired) electrons. The van der Waals surface area contributed by atoms with E-state index in [0.29, 0.717) is 47.2 Å². The number of nitrogens with zero attached hydrogens (tertiary/aromatic N) is 2. The molecule has 0 aromatic heterocycles. The van der Waals surface area contributed by atoms with Crippen LogP contribution in [0.15, 0.2) is 109 Å². The Bertz CT molecular complexity index is 1570. The summed E-state index contributed by atoms with van der Waals surface area (Å²) in [4.78, 5) is 56.3. The summed E-state index contributed by atoms with van der Waals surface area (Å²) < 4.78 is 11.7. The second-order valence-corrected chi connectivity index (χ2v) is 11.6. The lowest BCUT2D eigenvalue weighted by molar-refractivity contribution is -0.179. The largest absolute Gasteiger partial charge is 0.481 e. The van der Waals surface area contributed by atoms with Gasteiger partial charge in [0.2, 0.25) is 11.8 Å². The van der Waals surface area contributed by atoms with Gasteiger partial charge >= 0.3 is 11.9 Å². The van der Waals surface area contributed by atoms with Gasteiger partial charge in [-0.1, -0.05) is 50.2 Å². The summed E-state index contributed by atoms with van der Waals surface area (Å²) in [7, 11) is 0. The standard InChI is InChI=1S/C38H38N2O8/c1-3-23-39(25-15-19-29(20-16-25)47-27-11-7-5-8-12-27)35(41)31-33(37(43)44)32(34(31)38(45)46)36(42)40(24-4-2)26-17-21-30(22-18-26)48-28-13-9-6-10-14-28/h5-22,31-34H,3-4,23-24H2,1-2H3,(H,43,44)(H,45,46). The first kappa shape index (κ1) is 33.7. The molecule has 10 heteroatoms. The Hall–Kier alpha value is -5.64. The molecule has 1 aliphatic rings. The molecule has 1 fully saturated rings. The van der Waals surface area contributed by atoms with E-state index in [-0.39, 0.29) is 13.1 Å². The molecule has 1 aliphatic carbocycles. The highest BCUT2D eigenvalue weighted by Crippen LogP contribution is 2.49. The zero-order valence-electron chi connectivity index (χ0n) is 26.8. The predicted molar refractivity (Wildman–Crippen MR) is 180 cm³/mol. The third-order valence-electron chi connectivity index (χ3n) is 8.37. The Labute approximate surface area is 279 Å². The highest BCUT2D eigenvalue weighted by atomic mass is 16.5. The molecule has 248 valence electrons. The molecule has 0 atom stereocenters. The van der Waals surface area contributed by atoms with Crippen molar-refractivity contribution in [3.05, 3.63) is 109 Å².